The van der Waals surface area contributed by atoms with Crippen LogP contribution in [0.4, 0.5) is 0 Å². The molecule has 1 aliphatic heterocycles. The maximum absolute atomic E-state index is 11.4. The van der Waals surface area contributed by atoms with Crippen molar-refractivity contribution < 1.29 is 9.53 Å². The Balaban J connectivity index is 1.94. The molecule has 3 nitrogen and oxygen atoms in total. The van der Waals surface area contributed by atoms with Crippen LogP contribution in [-0.2, 0) is 9.53 Å². The van der Waals surface area contributed by atoms with E-state index in [1.165, 1.54) is 6.42 Å². The highest BCUT2D eigenvalue weighted by Gasteiger charge is 2.29. The highest BCUT2D eigenvalue weighted by Crippen LogP contribution is 2.23. The Bertz CT molecular complexity index is 217. The largest absolute Gasteiger partial charge is 0.379 e. The van der Waals surface area contributed by atoms with Gasteiger partial charge in [0, 0.05) is 31.5 Å². The number of nitrogens with zero attached hydrogens (tertiary/aromatic N) is 1. The standard InChI is InChI=1S/C11H19NO2/c1-9-8-14-6-5-12(9)10-3-2-4-11(13)7-10/h9-10H,2-8H2,1H3. The summed E-state index contributed by atoms with van der Waals surface area (Å²) in [6.07, 6.45) is 3.84. The number of Topliss-reactive ketones (excluding diaryl/α,β-unsaturated/α-hetero) is 1. The molecule has 1 heterocycles. The zero-order valence-electron chi connectivity index (χ0n) is 8.87. The molecule has 3 heteroatoms. The van der Waals surface area contributed by atoms with Gasteiger partial charge < -0.3 is 4.74 Å². The van der Waals surface area contributed by atoms with Crippen LogP contribution in [0.2, 0.25) is 0 Å². The quantitative estimate of drug-likeness (QED) is 0.633. The molecule has 0 aromatic rings. The van der Waals surface area contributed by atoms with Crippen molar-refractivity contribution in [2.75, 3.05) is 19.8 Å². The summed E-state index contributed by atoms with van der Waals surface area (Å²) >= 11 is 0. The van der Waals surface area contributed by atoms with Crippen molar-refractivity contribution in [1.82, 2.24) is 4.90 Å². The average molecular weight is 197 g/mol. The van der Waals surface area contributed by atoms with Gasteiger partial charge in [0.25, 0.3) is 0 Å². The van der Waals surface area contributed by atoms with Crippen LogP contribution >= 0.6 is 0 Å². The van der Waals surface area contributed by atoms with E-state index in [9.17, 15) is 4.79 Å². The molecule has 14 heavy (non-hydrogen) atoms. The van der Waals surface area contributed by atoms with E-state index < -0.39 is 0 Å². The van der Waals surface area contributed by atoms with E-state index in [2.05, 4.69) is 11.8 Å². The van der Waals surface area contributed by atoms with Gasteiger partial charge in [-0.05, 0) is 19.8 Å². The monoisotopic (exact) mass is 197 g/mol. The zero-order chi connectivity index (χ0) is 9.97. The maximum Gasteiger partial charge on any atom is 0.134 e. The number of hydrogen-bond donors (Lipinski definition) is 0. The van der Waals surface area contributed by atoms with Crippen molar-refractivity contribution in [1.29, 1.82) is 0 Å². The summed E-state index contributed by atoms with van der Waals surface area (Å²) in [5.74, 6) is 0.444. The fourth-order valence-electron chi connectivity index (χ4n) is 2.57. The van der Waals surface area contributed by atoms with Crippen LogP contribution in [-0.4, -0.2) is 42.5 Å². The van der Waals surface area contributed by atoms with Crippen molar-refractivity contribution in [3.8, 4) is 0 Å². The smallest absolute Gasteiger partial charge is 0.134 e. The molecular weight excluding hydrogens is 178 g/mol. The van der Waals surface area contributed by atoms with E-state index in [0.717, 1.165) is 39.0 Å². The molecule has 1 aliphatic carbocycles. The highest BCUT2D eigenvalue weighted by atomic mass is 16.5. The highest BCUT2D eigenvalue weighted by molar-refractivity contribution is 5.79. The Morgan fingerprint density at radius 3 is 3.07 bits per heavy atom. The SMILES string of the molecule is CC1COCCN1C1CCCC(=O)C1. The molecule has 0 aromatic heterocycles. The van der Waals surface area contributed by atoms with Crippen LogP contribution in [0.1, 0.15) is 32.6 Å². The molecule has 1 saturated heterocycles. The lowest BCUT2D eigenvalue weighted by Gasteiger charge is -2.40. The number of ketones is 1. The first-order valence-corrected chi connectivity index (χ1v) is 5.62. The molecule has 0 aromatic carbocycles. The predicted octanol–water partition coefficient (Wildman–Crippen LogP) is 1.22. The van der Waals surface area contributed by atoms with Gasteiger partial charge in [-0.3, -0.25) is 9.69 Å². The molecular formula is C11H19NO2. The molecule has 0 radical (unpaired) electrons. The number of rotatable bonds is 1. The van der Waals surface area contributed by atoms with E-state index in [0.29, 0.717) is 17.9 Å². The number of carbonyl (C=O) groups is 1. The van der Waals surface area contributed by atoms with E-state index in [1.807, 2.05) is 0 Å². The molecule has 0 amide bonds. The minimum atomic E-state index is 0.444. The first-order valence-electron chi connectivity index (χ1n) is 5.62. The summed E-state index contributed by atoms with van der Waals surface area (Å²) in [7, 11) is 0. The van der Waals surface area contributed by atoms with Crippen LogP contribution in [0.15, 0.2) is 0 Å². The topological polar surface area (TPSA) is 29.5 Å². The summed E-state index contributed by atoms with van der Waals surface area (Å²) in [5, 5.41) is 0. The average Bonchev–Trinajstić information content (AvgIpc) is 2.18. The summed E-state index contributed by atoms with van der Waals surface area (Å²) in [4.78, 5) is 13.8. The van der Waals surface area contributed by atoms with Crippen molar-refractivity contribution in [3.05, 3.63) is 0 Å². The van der Waals surface area contributed by atoms with Gasteiger partial charge in [0.15, 0.2) is 0 Å². The summed E-state index contributed by atoms with van der Waals surface area (Å²) in [6.45, 7) is 4.84. The lowest BCUT2D eigenvalue weighted by atomic mass is 9.92. The molecule has 0 bridgehead atoms. The summed E-state index contributed by atoms with van der Waals surface area (Å²) < 4.78 is 5.40. The maximum atomic E-state index is 11.4. The van der Waals surface area contributed by atoms with Crippen LogP contribution in [0.3, 0.4) is 0 Å². The fraction of sp³-hybridized carbons (Fsp3) is 0.909. The van der Waals surface area contributed by atoms with Gasteiger partial charge in [-0.2, -0.15) is 0 Å². The van der Waals surface area contributed by atoms with Gasteiger partial charge in [-0.1, -0.05) is 0 Å². The van der Waals surface area contributed by atoms with Crippen molar-refractivity contribution in [3.63, 3.8) is 0 Å². The van der Waals surface area contributed by atoms with Crippen LogP contribution < -0.4 is 0 Å². The molecule has 2 fully saturated rings. The van der Waals surface area contributed by atoms with Crippen LogP contribution in [0.5, 0.6) is 0 Å². The van der Waals surface area contributed by atoms with Gasteiger partial charge in [-0.15, -0.1) is 0 Å². The molecule has 2 aliphatic rings. The third-order valence-corrected chi connectivity index (χ3v) is 3.34. The van der Waals surface area contributed by atoms with Gasteiger partial charge in [0.2, 0.25) is 0 Å². The second-order valence-electron chi connectivity index (χ2n) is 4.45. The Labute approximate surface area is 85.4 Å². The molecule has 0 N–H and O–H groups in total. The normalized spacial score (nSPS) is 35.9. The van der Waals surface area contributed by atoms with Crippen molar-refractivity contribution in [2.24, 2.45) is 0 Å². The molecule has 80 valence electrons. The lowest BCUT2D eigenvalue weighted by Crippen LogP contribution is -2.50. The van der Waals surface area contributed by atoms with Gasteiger partial charge in [-0.25, -0.2) is 0 Å². The predicted molar refractivity (Wildman–Crippen MR) is 54.3 cm³/mol. The Morgan fingerprint density at radius 1 is 1.50 bits per heavy atom. The molecule has 0 spiro atoms. The van der Waals surface area contributed by atoms with Crippen molar-refractivity contribution in [2.45, 2.75) is 44.7 Å². The molecule has 2 unspecified atom stereocenters. The van der Waals surface area contributed by atoms with E-state index >= 15 is 0 Å². The van der Waals surface area contributed by atoms with Gasteiger partial charge in [0.1, 0.15) is 5.78 Å². The third-order valence-electron chi connectivity index (χ3n) is 3.34. The number of carbonyl (C=O) groups excluding carboxylic acids is 1. The van der Waals surface area contributed by atoms with E-state index in [1.54, 1.807) is 0 Å². The first kappa shape index (κ1) is 10.1. The minimum absolute atomic E-state index is 0.444. The second-order valence-corrected chi connectivity index (χ2v) is 4.45. The summed E-state index contributed by atoms with van der Waals surface area (Å²) in [5.41, 5.74) is 0. The van der Waals surface area contributed by atoms with E-state index in [4.69, 9.17) is 4.74 Å². The van der Waals surface area contributed by atoms with Crippen molar-refractivity contribution >= 4 is 5.78 Å². The Kier molecular flexibility index (Phi) is 3.19. The lowest BCUT2D eigenvalue weighted by molar-refractivity contribution is -0.123. The Morgan fingerprint density at radius 2 is 2.36 bits per heavy atom. The van der Waals surface area contributed by atoms with E-state index in [-0.39, 0.29) is 0 Å². The number of ether oxygens (including phenoxy) is 1. The second kappa shape index (κ2) is 4.41. The first-order chi connectivity index (χ1) is 6.77. The zero-order valence-corrected chi connectivity index (χ0v) is 8.87. The summed E-state index contributed by atoms with van der Waals surface area (Å²) in [6, 6.07) is 0.981. The van der Waals surface area contributed by atoms with Gasteiger partial charge in [0.05, 0.1) is 13.2 Å². The van der Waals surface area contributed by atoms with Gasteiger partial charge >= 0.3 is 0 Å². The molecule has 2 rings (SSSR count). The number of morpholine rings is 1. The van der Waals surface area contributed by atoms with Crippen LogP contribution in [0, 0.1) is 0 Å². The fourth-order valence-corrected chi connectivity index (χ4v) is 2.57. The molecule has 2 atom stereocenters. The minimum Gasteiger partial charge on any atom is -0.379 e. The van der Waals surface area contributed by atoms with Crippen LogP contribution in [0.25, 0.3) is 0 Å². The number of hydrogen-bond acceptors (Lipinski definition) is 3. The third kappa shape index (κ3) is 2.15. The Hall–Kier alpha value is -0.410. The molecule has 1 saturated carbocycles.